The summed E-state index contributed by atoms with van der Waals surface area (Å²) in [5, 5.41) is 14.1. The first-order valence-corrected chi connectivity index (χ1v) is 13.2. The van der Waals surface area contributed by atoms with Crippen LogP contribution >= 0.6 is 0 Å². The van der Waals surface area contributed by atoms with Gasteiger partial charge in [-0.05, 0) is 76.9 Å². The molecule has 0 saturated heterocycles. The van der Waals surface area contributed by atoms with Crippen molar-refractivity contribution in [3.63, 3.8) is 0 Å². The summed E-state index contributed by atoms with van der Waals surface area (Å²) < 4.78 is 7.79. The van der Waals surface area contributed by atoms with E-state index in [1.807, 2.05) is 24.3 Å². The summed E-state index contributed by atoms with van der Waals surface area (Å²) in [4.78, 5) is 18.5. The number of hydrogen-bond donors (Lipinski definition) is 1. The zero-order valence-corrected chi connectivity index (χ0v) is 21.5. The van der Waals surface area contributed by atoms with Gasteiger partial charge in [0.15, 0.2) is 5.82 Å². The van der Waals surface area contributed by atoms with E-state index in [2.05, 4.69) is 63.0 Å². The third-order valence-electron chi connectivity index (χ3n) is 7.43. The van der Waals surface area contributed by atoms with Gasteiger partial charge in [-0.25, -0.2) is 4.68 Å². The van der Waals surface area contributed by atoms with Crippen LogP contribution in [0.2, 0.25) is 0 Å². The lowest BCUT2D eigenvalue weighted by Gasteiger charge is -2.34. The molecule has 0 spiro atoms. The Morgan fingerprint density at radius 1 is 1.14 bits per heavy atom. The highest BCUT2D eigenvalue weighted by atomic mass is 16.3. The van der Waals surface area contributed by atoms with Crippen LogP contribution in [0.25, 0.3) is 10.9 Å². The number of aromatic nitrogens is 5. The number of furan rings is 1. The molecular formula is C28H36N6O2. The lowest BCUT2D eigenvalue weighted by Crippen LogP contribution is -2.36. The molecule has 1 saturated carbocycles. The first-order valence-electron chi connectivity index (χ1n) is 13.2. The molecule has 0 radical (unpaired) electrons. The molecule has 1 aliphatic rings. The van der Waals surface area contributed by atoms with Gasteiger partial charge in [0.05, 0.1) is 24.9 Å². The van der Waals surface area contributed by atoms with Gasteiger partial charge >= 0.3 is 0 Å². The molecule has 0 aliphatic heterocycles. The van der Waals surface area contributed by atoms with Crippen molar-refractivity contribution in [1.29, 1.82) is 0 Å². The molecule has 190 valence electrons. The van der Waals surface area contributed by atoms with Crippen LogP contribution in [0.1, 0.15) is 87.7 Å². The van der Waals surface area contributed by atoms with E-state index in [1.165, 1.54) is 24.8 Å². The largest absolute Gasteiger partial charge is 0.468 e. The molecule has 8 nitrogen and oxygen atoms in total. The van der Waals surface area contributed by atoms with Gasteiger partial charge in [0, 0.05) is 17.6 Å². The zero-order chi connectivity index (χ0) is 25.1. The first kappa shape index (κ1) is 24.4. The van der Waals surface area contributed by atoms with Crippen molar-refractivity contribution < 1.29 is 4.42 Å². The Hall–Kier alpha value is -3.26. The second-order valence-electron chi connectivity index (χ2n) is 10.3. The van der Waals surface area contributed by atoms with Gasteiger partial charge in [-0.15, -0.1) is 5.10 Å². The van der Waals surface area contributed by atoms with E-state index in [4.69, 9.17) is 4.42 Å². The quantitative estimate of drug-likeness (QED) is 0.331. The molecule has 0 bridgehead atoms. The van der Waals surface area contributed by atoms with E-state index in [9.17, 15) is 4.79 Å². The molecular weight excluding hydrogens is 452 g/mol. The average molecular weight is 489 g/mol. The molecule has 0 unspecified atom stereocenters. The number of fused-ring (bicyclic) bond motifs is 1. The number of nitrogens with zero attached hydrogens (tertiary/aromatic N) is 5. The summed E-state index contributed by atoms with van der Waals surface area (Å²) in [6.45, 7) is 7.54. The van der Waals surface area contributed by atoms with Crippen molar-refractivity contribution in [3.8, 4) is 0 Å². The second-order valence-corrected chi connectivity index (χ2v) is 10.3. The van der Waals surface area contributed by atoms with Gasteiger partial charge in [-0.1, -0.05) is 46.1 Å². The fourth-order valence-electron chi connectivity index (χ4n) is 5.58. The van der Waals surface area contributed by atoms with Crippen molar-refractivity contribution >= 4 is 10.9 Å². The third-order valence-corrected chi connectivity index (χ3v) is 7.43. The van der Waals surface area contributed by atoms with Crippen molar-refractivity contribution in [3.05, 3.63) is 75.7 Å². The molecule has 5 rings (SSSR count). The lowest BCUT2D eigenvalue weighted by molar-refractivity contribution is 0.112. The van der Waals surface area contributed by atoms with E-state index >= 15 is 0 Å². The number of aryl methyl sites for hydroxylation is 1. The fourth-order valence-corrected chi connectivity index (χ4v) is 5.58. The third kappa shape index (κ3) is 5.14. The summed E-state index contributed by atoms with van der Waals surface area (Å²) in [7, 11) is 0. The summed E-state index contributed by atoms with van der Waals surface area (Å²) in [6.07, 6.45) is 8.54. The van der Waals surface area contributed by atoms with E-state index in [0.717, 1.165) is 47.3 Å². The number of pyridine rings is 1. The van der Waals surface area contributed by atoms with Crippen LogP contribution in [0, 0.1) is 5.92 Å². The Morgan fingerprint density at radius 2 is 1.97 bits per heavy atom. The summed E-state index contributed by atoms with van der Waals surface area (Å²) in [5.41, 5.74) is 2.77. The normalized spacial score (nSPS) is 15.8. The number of tetrazole rings is 1. The molecule has 3 aromatic heterocycles. The molecule has 1 atom stereocenters. The van der Waals surface area contributed by atoms with Crippen LogP contribution < -0.4 is 5.56 Å². The minimum absolute atomic E-state index is 0.0643. The Balaban J connectivity index is 1.54. The highest BCUT2D eigenvalue weighted by molar-refractivity contribution is 5.79. The second kappa shape index (κ2) is 10.8. The molecule has 1 fully saturated rings. The number of nitrogens with one attached hydrogen (secondary N) is 1. The molecule has 3 heterocycles. The topological polar surface area (TPSA) is 92.8 Å². The first-order chi connectivity index (χ1) is 17.5. The average Bonchev–Trinajstić information content (AvgIpc) is 3.57. The van der Waals surface area contributed by atoms with Gasteiger partial charge in [-0.2, -0.15) is 0 Å². The summed E-state index contributed by atoms with van der Waals surface area (Å²) in [6, 6.07) is 12.4. The van der Waals surface area contributed by atoms with Gasteiger partial charge in [-0.3, -0.25) is 9.69 Å². The van der Waals surface area contributed by atoms with E-state index < -0.39 is 0 Å². The van der Waals surface area contributed by atoms with Crippen molar-refractivity contribution in [2.24, 2.45) is 5.92 Å². The maximum absolute atomic E-state index is 13.2. The van der Waals surface area contributed by atoms with Crippen LogP contribution in [0.3, 0.4) is 0 Å². The number of aromatic amines is 1. The van der Waals surface area contributed by atoms with E-state index in [1.54, 1.807) is 6.26 Å². The standard InChI is InChI=1S/C28H36N6O2/c1-4-20-12-13-25-21(15-20)16-22(28(35)29-25)17-33(18-24-11-8-14-36-24)26(19(2)3)27-30-31-32-34(27)23-9-6-5-7-10-23/h8,11-16,19,23,26H,4-7,9-10,17-18H2,1-3H3,(H,29,35)/t26-/m0/s1. The minimum Gasteiger partial charge on any atom is -0.468 e. The van der Waals surface area contributed by atoms with Crippen molar-refractivity contribution in [2.75, 3.05) is 0 Å². The van der Waals surface area contributed by atoms with Crippen LogP contribution in [-0.4, -0.2) is 30.1 Å². The van der Waals surface area contributed by atoms with E-state index in [-0.39, 0.29) is 17.5 Å². The Bertz CT molecular complexity index is 1330. The number of rotatable bonds is 9. The van der Waals surface area contributed by atoms with Gasteiger partial charge < -0.3 is 9.40 Å². The van der Waals surface area contributed by atoms with Crippen molar-refractivity contribution in [1.82, 2.24) is 30.1 Å². The smallest absolute Gasteiger partial charge is 0.252 e. The number of H-pyrrole nitrogens is 1. The predicted octanol–water partition coefficient (Wildman–Crippen LogP) is 5.57. The van der Waals surface area contributed by atoms with Crippen LogP contribution in [0.5, 0.6) is 0 Å². The number of hydrogen-bond acceptors (Lipinski definition) is 6. The molecule has 8 heteroatoms. The Labute approximate surface area is 211 Å². The Morgan fingerprint density at radius 3 is 2.69 bits per heavy atom. The molecule has 0 amide bonds. The molecule has 1 aliphatic carbocycles. The lowest BCUT2D eigenvalue weighted by atomic mass is 9.94. The molecule has 1 aromatic carbocycles. The SMILES string of the molecule is CCc1ccc2[nH]c(=O)c(CN(Cc3ccco3)[C@H](c3nnnn3C3CCCCC3)C(C)C)cc2c1. The van der Waals surface area contributed by atoms with Gasteiger partial charge in [0.1, 0.15) is 5.76 Å². The van der Waals surface area contributed by atoms with Gasteiger partial charge in [0.25, 0.3) is 5.56 Å². The predicted molar refractivity (Wildman–Crippen MR) is 139 cm³/mol. The number of benzene rings is 1. The zero-order valence-electron chi connectivity index (χ0n) is 21.5. The van der Waals surface area contributed by atoms with Crippen LogP contribution in [0.15, 0.2) is 51.9 Å². The van der Waals surface area contributed by atoms with Crippen LogP contribution in [0.4, 0.5) is 0 Å². The fraction of sp³-hybridized carbons (Fsp3) is 0.500. The highest BCUT2D eigenvalue weighted by Crippen LogP contribution is 2.34. The Kier molecular flexibility index (Phi) is 7.32. The maximum atomic E-state index is 13.2. The van der Waals surface area contributed by atoms with E-state index in [0.29, 0.717) is 19.1 Å². The minimum atomic E-state index is -0.0795. The molecule has 1 N–H and O–H groups in total. The molecule has 4 aromatic rings. The monoisotopic (exact) mass is 488 g/mol. The summed E-state index contributed by atoms with van der Waals surface area (Å²) in [5.74, 6) is 1.94. The maximum Gasteiger partial charge on any atom is 0.252 e. The summed E-state index contributed by atoms with van der Waals surface area (Å²) >= 11 is 0. The molecule has 36 heavy (non-hydrogen) atoms. The van der Waals surface area contributed by atoms with Gasteiger partial charge in [0.2, 0.25) is 0 Å². The van der Waals surface area contributed by atoms with Crippen LogP contribution in [-0.2, 0) is 19.5 Å². The van der Waals surface area contributed by atoms with Crippen molar-refractivity contribution in [2.45, 2.75) is 84.5 Å². The highest BCUT2D eigenvalue weighted by Gasteiger charge is 2.32.